The maximum atomic E-state index is 11.2. The summed E-state index contributed by atoms with van der Waals surface area (Å²) in [4.78, 5) is 21.4. The zero-order chi connectivity index (χ0) is 12.4. The second-order valence-corrected chi connectivity index (χ2v) is 4.18. The minimum atomic E-state index is -0.815. The van der Waals surface area contributed by atoms with Gasteiger partial charge in [-0.25, -0.2) is 0 Å². The highest BCUT2D eigenvalue weighted by Gasteiger charge is 2.07. The van der Waals surface area contributed by atoms with Crippen molar-refractivity contribution in [3.05, 3.63) is 0 Å². The lowest BCUT2D eigenvalue weighted by Crippen LogP contribution is -2.11. The molecule has 7 N–H and O–H groups in total. The van der Waals surface area contributed by atoms with E-state index in [0.717, 1.165) is 12.8 Å². The van der Waals surface area contributed by atoms with Crippen LogP contribution in [0, 0.1) is 5.92 Å². The van der Waals surface area contributed by atoms with Gasteiger partial charge in [0.25, 0.3) is 0 Å². The van der Waals surface area contributed by atoms with Crippen LogP contribution in [0.4, 0.5) is 0 Å². The van der Waals surface area contributed by atoms with E-state index in [0.29, 0.717) is 31.8 Å². The molecule has 1 atom stereocenters. The van der Waals surface area contributed by atoms with Crippen LogP contribution < -0.4 is 12.3 Å². The number of hydrogen-bond acceptors (Lipinski definition) is 5. The fourth-order valence-electron chi connectivity index (χ4n) is 1.43. The van der Waals surface area contributed by atoms with Crippen molar-refractivity contribution in [2.45, 2.75) is 52.4 Å². The van der Waals surface area contributed by atoms with Gasteiger partial charge in [0.15, 0.2) is 0 Å². The molecule has 0 saturated carbocycles. The SMILES string of the molecule is CCCC(C)COC(=O)CCCCC(=O)O.N.N. The third-order valence-corrected chi connectivity index (χ3v) is 2.33. The average molecular weight is 264 g/mol. The molecule has 0 aliphatic heterocycles. The van der Waals surface area contributed by atoms with Crippen LogP contribution in [-0.4, -0.2) is 23.7 Å². The molecule has 0 amide bonds. The van der Waals surface area contributed by atoms with E-state index < -0.39 is 5.97 Å². The van der Waals surface area contributed by atoms with Crippen molar-refractivity contribution in [1.82, 2.24) is 12.3 Å². The van der Waals surface area contributed by atoms with E-state index in [1.807, 2.05) is 0 Å². The Morgan fingerprint density at radius 1 is 1.17 bits per heavy atom. The Morgan fingerprint density at radius 2 is 1.72 bits per heavy atom. The van der Waals surface area contributed by atoms with E-state index in [-0.39, 0.29) is 24.7 Å². The number of aliphatic carboxylic acids is 1. The van der Waals surface area contributed by atoms with Crippen molar-refractivity contribution in [2.24, 2.45) is 5.92 Å². The van der Waals surface area contributed by atoms with Crippen LogP contribution >= 0.6 is 0 Å². The number of carboxylic acids is 1. The quantitative estimate of drug-likeness (QED) is 0.433. The standard InChI is InChI=1S/C12H22O4.2H3N/c1-3-6-10(2)9-16-12(15)8-5-4-7-11(13)14;;/h10H,3-9H2,1-2H3,(H,13,14);2*1H3. The molecular weight excluding hydrogens is 236 g/mol. The van der Waals surface area contributed by atoms with Crippen molar-refractivity contribution in [3.63, 3.8) is 0 Å². The lowest BCUT2D eigenvalue weighted by molar-refractivity contribution is -0.145. The van der Waals surface area contributed by atoms with E-state index in [4.69, 9.17) is 9.84 Å². The van der Waals surface area contributed by atoms with Gasteiger partial charge in [-0.3, -0.25) is 9.59 Å². The van der Waals surface area contributed by atoms with E-state index in [2.05, 4.69) is 13.8 Å². The van der Waals surface area contributed by atoms with E-state index in [1.54, 1.807) is 0 Å². The summed E-state index contributed by atoms with van der Waals surface area (Å²) in [6, 6.07) is 0. The van der Waals surface area contributed by atoms with Gasteiger partial charge >= 0.3 is 11.9 Å². The Labute approximate surface area is 109 Å². The van der Waals surface area contributed by atoms with E-state index in [1.165, 1.54) is 0 Å². The molecule has 0 aromatic carbocycles. The molecule has 0 bridgehead atoms. The monoisotopic (exact) mass is 264 g/mol. The number of hydrogen-bond donors (Lipinski definition) is 3. The maximum absolute atomic E-state index is 11.2. The molecule has 0 aliphatic rings. The topological polar surface area (TPSA) is 134 Å². The largest absolute Gasteiger partial charge is 0.481 e. The molecule has 0 aromatic heterocycles. The number of rotatable bonds is 9. The van der Waals surface area contributed by atoms with E-state index in [9.17, 15) is 9.59 Å². The third-order valence-electron chi connectivity index (χ3n) is 2.33. The number of carboxylic acid groups (broad SMARTS) is 1. The average Bonchev–Trinajstić information content (AvgIpc) is 2.22. The molecule has 0 saturated heterocycles. The van der Waals surface area contributed by atoms with Crippen LogP contribution in [-0.2, 0) is 14.3 Å². The van der Waals surface area contributed by atoms with Gasteiger partial charge in [-0.15, -0.1) is 0 Å². The molecule has 0 radical (unpaired) electrons. The van der Waals surface area contributed by atoms with Crippen LogP contribution in [0.15, 0.2) is 0 Å². The zero-order valence-electron chi connectivity index (χ0n) is 11.6. The Kier molecular flexibility index (Phi) is 17.1. The second kappa shape index (κ2) is 13.9. The van der Waals surface area contributed by atoms with Gasteiger partial charge in [0, 0.05) is 12.8 Å². The Morgan fingerprint density at radius 3 is 2.22 bits per heavy atom. The first-order valence-electron chi connectivity index (χ1n) is 5.93. The molecule has 0 rings (SSSR count). The van der Waals surface area contributed by atoms with Crippen molar-refractivity contribution in [3.8, 4) is 0 Å². The van der Waals surface area contributed by atoms with Gasteiger partial charge < -0.3 is 22.1 Å². The summed E-state index contributed by atoms with van der Waals surface area (Å²) in [5.74, 6) is -0.619. The van der Waals surface area contributed by atoms with Gasteiger partial charge in [0.1, 0.15) is 0 Å². The highest BCUT2D eigenvalue weighted by molar-refractivity contribution is 5.69. The summed E-state index contributed by atoms with van der Waals surface area (Å²) in [7, 11) is 0. The summed E-state index contributed by atoms with van der Waals surface area (Å²) in [5.41, 5.74) is 0. The summed E-state index contributed by atoms with van der Waals surface area (Å²) in [6.07, 6.45) is 3.73. The highest BCUT2D eigenvalue weighted by atomic mass is 16.5. The third kappa shape index (κ3) is 14.9. The summed E-state index contributed by atoms with van der Waals surface area (Å²) >= 11 is 0. The molecule has 6 heteroatoms. The Balaban J connectivity index is -0.00000112. The van der Waals surface area contributed by atoms with Crippen LogP contribution in [0.1, 0.15) is 52.4 Å². The van der Waals surface area contributed by atoms with Gasteiger partial charge in [-0.05, 0) is 25.2 Å². The highest BCUT2D eigenvalue weighted by Crippen LogP contribution is 2.07. The summed E-state index contributed by atoms with van der Waals surface area (Å²) in [6.45, 7) is 4.64. The fourth-order valence-corrected chi connectivity index (χ4v) is 1.43. The predicted octanol–water partition coefficient (Wildman–Crippen LogP) is 2.93. The first kappa shape index (κ1) is 22.1. The van der Waals surface area contributed by atoms with Gasteiger partial charge in [-0.2, -0.15) is 0 Å². The van der Waals surface area contributed by atoms with Crippen molar-refractivity contribution < 1.29 is 19.4 Å². The first-order chi connectivity index (χ1) is 7.56. The van der Waals surface area contributed by atoms with Crippen LogP contribution in [0.25, 0.3) is 0 Å². The molecule has 0 heterocycles. The minimum absolute atomic E-state index is 0. The molecule has 110 valence electrons. The number of esters is 1. The van der Waals surface area contributed by atoms with E-state index >= 15 is 0 Å². The Bertz CT molecular complexity index is 222. The first-order valence-corrected chi connectivity index (χ1v) is 5.93. The molecule has 0 aliphatic carbocycles. The minimum Gasteiger partial charge on any atom is -0.481 e. The second-order valence-electron chi connectivity index (χ2n) is 4.18. The molecule has 0 aromatic rings. The fraction of sp³-hybridized carbons (Fsp3) is 0.833. The molecular formula is C12H28N2O4. The maximum Gasteiger partial charge on any atom is 0.305 e. The number of carbonyl (C=O) groups excluding carboxylic acids is 1. The normalized spacial score (nSPS) is 10.8. The van der Waals surface area contributed by atoms with Crippen molar-refractivity contribution in [1.29, 1.82) is 0 Å². The molecule has 0 fully saturated rings. The molecule has 1 unspecified atom stereocenters. The van der Waals surface area contributed by atoms with Crippen LogP contribution in [0.3, 0.4) is 0 Å². The molecule has 6 nitrogen and oxygen atoms in total. The van der Waals surface area contributed by atoms with Crippen molar-refractivity contribution in [2.75, 3.05) is 6.61 Å². The van der Waals surface area contributed by atoms with Crippen LogP contribution in [0.5, 0.6) is 0 Å². The lowest BCUT2D eigenvalue weighted by Gasteiger charge is -2.10. The summed E-state index contributed by atoms with van der Waals surface area (Å²) in [5, 5.41) is 8.40. The van der Waals surface area contributed by atoms with Gasteiger partial charge in [0.2, 0.25) is 0 Å². The van der Waals surface area contributed by atoms with Gasteiger partial charge in [0.05, 0.1) is 6.61 Å². The zero-order valence-corrected chi connectivity index (χ0v) is 11.6. The van der Waals surface area contributed by atoms with Gasteiger partial charge in [-0.1, -0.05) is 20.3 Å². The lowest BCUT2D eigenvalue weighted by atomic mass is 10.1. The smallest absolute Gasteiger partial charge is 0.305 e. The number of unbranched alkanes of at least 4 members (excludes halogenated alkanes) is 1. The number of ether oxygens (including phenoxy) is 1. The Hall–Kier alpha value is -1.14. The summed E-state index contributed by atoms with van der Waals surface area (Å²) < 4.78 is 5.08. The predicted molar refractivity (Wildman–Crippen MR) is 71.2 cm³/mol. The van der Waals surface area contributed by atoms with Crippen LogP contribution in [0.2, 0.25) is 0 Å². The molecule has 18 heavy (non-hydrogen) atoms. The number of carbonyl (C=O) groups is 2. The molecule has 0 spiro atoms. The van der Waals surface area contributed by atoms with Crippen molar-refractivity contribution >= 4 is 11.9 Å².